The predicted molar refractivity (Wildman–Crippen MR) is 85.6 cm³/mol. The lowest BCUT2D eigenvalue weighted by Crippen LogP contribution is -2.20. The number of hydrogen-bond acceptors (Lipinski definition) is 3. The lowest BCUT2D eigenvalue weighted by molar-refractivity contribution is -0.115. The van der Waals surface area contributed by atoms with Crippen LogP contribution >= 0.6 is 28.1 Å². The van der Waals surface area contributed by atoms with Gasteiger partial charge in [0.15, 0.2) is 0 Å². The Morgan fingerprint density at radius 2 is 2.30 bits per heavy atom. The monoisotopic (exact) mass is 352 g/mol. The van der Waals surface area contributed by atoms with Crippen LogP contribution in [0.1, 0.15) is 11.1 Å². The number of benzene rings is 1. The van der Waals surface area contributed by atoms with Crippen molar-refractivity contribution in [3.63, 3.8) is 0 Å². The van der Waals surface area contributed by atoms with Crippen LogP contribution in [-0.4, -0.2) is 20.7 Å². The van der Waals surface area contributed by atoms with Crippen molar-refractivity contribution in [2.24, 2.45) is 12.8 Å². The molecule has 0 saturated heterocycles. The fourth-order valence-electron chi connectivity index (χ4n) is 1.77. The van der Waals surface area contributed by atoms with Gasteiger partial charge in [0, 0.05) is 11.5 Å². The second kappa shape index (κ2) is 6.15. The van der Waals surface area contributed by atoms with E-state index in [9.17, 15) is 4.79 Å². The summed E-state index contributed by atoms with van der Waals surface area (Å²) in [4.78, 5) is 12.3. The number of carbonyl (C=O) groups excluding carboxylic acids is 1. The number of nitrogens with zero attached hydrogens (tertiary/aromatic N) is 2. The summed E-state index contributed by atoms with van der Waals surface area (Å²) in [5, 5.41) is 6.83. The van der Waals surface area contributed by atoms with Gasteiger partial charge in [0.05, 0.1) is 18.2 Å². The fraction of sp³-hybridized carbons (Fsp3) is 0.154. The van der Waals surface area contributed by atoms with Gasteiger partial charge in [-0.1, -0.05) is 40.3 Å². The van der Waals surface area contributed by atoms with E-state index < -0.39 is 0 Å². The zero-order chi connectivity index (χ0) is 14.7. The Kier molecular flexibility index (Phi) is 4.51. The summed E-state index contributed by atoms with van der Waals surface area (Å²) in [6, 6.07) is 7.59. The highest BCUT2D eigenvalue weighted by atomic mass is 79.9. The molecule has 0 saturated carbocycles. The predicted octanol–water partition coefficient (Wildman–Crippen LogP) is 2.00. The van der Waals surface area contributed by atoms with Crippen LogP contribution in [0.5, 0.6) is 0 Å². The van der Waals surface area contributed by atoms with E-state index in [1.807, 2.05) is 24.3 Å². The summed E-state index contributed by atoms with van der Waals surface area (Å²) in [6.07, 6.45) is 1.80. The van der Waals surface area contributed by atoms with Gasteiger partial charge >= 0.3 is 0 Å². The lowest BCUT2D eigenvalue weighted by atomic mass is 10.1. The third kappa shape index (κ3) is 3.43. The van der Waals surface area contributed by atoms with Crippen LogP contribution in [0.15, 0.2) is 34.9 Å². The fourth-order valence-corrected chi connectivity index (χ4v) is 2.37. The van der Waals surface area contributed by atoms with Crippen LogP contribution in [0.3, 0.4) is 0 Å². The largest absolute Gasteiger partial charge is 0.389 e. The van der Waals surface area contributed by atoms with Crippen molar-refractivity contribution in [2.45, 2.75) is 6.42 Å². The molecule has 1 heterocycles. The van der Waals surface area contributed by atoms with Crippen LogP contribution in [0.4, 0.5) is 5.82 Å². The number of nitrogens with one attached hydrogen (secondary N) is 1. The summed E-state index contributed by atoms with van der Waals surface area (Å²) < 4.78 is 2.47. The van der Waals surface area contributed by atoms with Crippen molar-refractivity contribution in [1.82, 2.24) is 9.78 Å². The molecule has 2 aromatic rings. The Hall–Kier alpha value is -1.73. The minimum absolute atomic E-state index is 0.149. The van der Waals surface area contributed by atoms with E-state index in [0.29, 0.717) is 11.4 Å². The number of aryl methyl sites for hydroxylation is 1. The SMILES string of the molecule is Cn1ncc(C(N)=S)c1NC(=O)Cc1cccc(Br)c1. The summed E-state index contributed by atoms with van der Waals surface area (Å²) in [5.41, 5.74) is 7.07. The second-order valence-corrected chi connectivity index (χ2v) is 5.61. The van der Waals surface area contributed by atoms with E-state index in [0.717, 1.165) is 10.0 Å². The molecule has 1 aromatic carbocycles. The van der Waals surface area contributed by atoms with E-state index in [-0.39, 0.29) is 17.3 Å². The van der Waals surface area contributed by atoms with Gasteiger partial charge in [-0.15, -0.1) is 0 Å². The third-order valence-corrected chi connectivity index (χ3v) is 3.43. The average Bonchev–Trinajstić information content (AvgIpc) is 2.71. The molecule has 5 nitrogen and oxygen atoms in total. The first-order valence-corrected chi connectivity index (χ1v) is 7.03. The number of carbonyl (C=O) groups is 1. The molecule has 104 valence electrons. The minimum Gasteiger partial charge on any atom is -0.389 e. The van der Waals surface area contributed by atoms with Crippen LogP contribution in [0, 0.1) is 0 Å². The number of hydrogen-bond donors (Lipinski definition) is 2. The average molecular weight is 353 g/mol. The number of aromatic nitrogens is 2. The molecule has 0 radical (unpaired) electrons. The van der Waals surface area contributed by atoms with Crippen molar-refractivity contribution in [3.05, 3.63) is 46.1 Å². The maximum atomic E-state index is 12.1. The van der Waals surface area contributed by atoms with Gasteiger partial charge in [0.2, 0.25) is 5.91 Å². The van der Waals surface area contributed by atoms with E-state index in [1.165, 1.54) is 10.9 Å². The zero-order valence-corrected chi connectivity index (χ0v) is 13.2. The van der Waals surface area contributed by atoms with Gasteiger partial charge in [-0.3, -0.25) is 9.48 Å². The van der Waals surface area contributed by atoms with E-state index >= 15 is 0 Å². The maximum Gasteiger partial charge on any atom is 0.229 e. The Balaban J connectivity index is 2.12. The Morgan fingerprint density at radius 1 is 1.55 bits per heavy atom. The van der Waals surface area contributed by atoms with Crippen LogP contribution in [0.2, 0.25) is 0 Å². The van der Waals surface area contributed by atoms with Crippen LogP contribution in [-0.2, 0) is 18.3 Å². The molecule has 3 N–H and O–H groups in total. The third-order valence-electron chi connectivity index (χ3n) is 2.72. The summed E-state index contributed by atoms with van der Waals surface area (Å²) >= 11 is 8.31. The molecule has 0 aliphatic carbocycles. The van der Waals surface area contributed by atoms with Crippen molar-refractivity contribution in [3.8, 4) is 0 Å². The Labute approximate surface area is 130 Å². The van der Waals surface area contributed by atoms with Gasteiger partial charge in [0.1, 0.15) is 10.8 Å². The molecule has 0 atom stereocenters. The summed E-state index contributed by atoms with van der Waals surface area (Å²) in [6.45, 7) is 0. The normalized spacial score (nSPS) is 10.3. The van der Waals surface area contributed by atoms with E-state index in [1.54, 1.807) is 7.05 Å². The van der Waals surface area contributed by atoms with Crippen molar-refractivity contribution < 1.29 is 4.79 Å². The first kappa shape index (κ1) is 14.7. The first-order valence-electron chi connectivity index (χ1n) is 5.83. The molecule has 0 spiro atoms. The lowest BCUT2D eigenvalue weighted by Gasteiger charge is -2.08. The van der Waals surface area contributed by atoms with E-state index in [4.69, 9.17) is 18.0 Å². The highest BCUT2D eigenvalue weighted by Gasteiger charge is 2.14. The minimum atomic E-state index is -0.149. The topological polar surface area (TPSA) is 72.9 Å². The van der Waals surface area contributed by atoms with Gasteiger partial charge in [-0.25, -0.2) is 0 Å². The molecule has 0 aliphatic heterocycles. The van der Waals surface area contributed by atoms with Crippen molar-refractivity contribution in [1.29, 1.82) is 0 Å². The number of rotatable bonds is 4. The molecule has 0 bridgehead atoms. The number of halogens is 1. The summed E-state index contributed by atoms with van der Waals surface area (Å²) in [7, 11) is 1.72. The molecule has 0 fully saturated rings. The highest BCUT2D eigenvalue weighted by Crippen LogP contribution is 2.16. The van der Waals surface area contributed by atoms with Gasteiger partial charge in [-0.2, -0.15) is 5.10 Å². The van der Waals surface area contributed by atoms with Crippen LogP contribution < -0.4 is 11.1 Å². The maximum absolute atomic E-state index is 12.1. The standard InChI is InChI=1S/C13H13BrN4OS/c1-18-13(10(7-16-18)12(15)20)17-11(19)6-8-3-2-4-9(14)5-8/h2-5,7H,6H2,1H3,(H2,15,20)(H,17,19). The summed E-state index contributed by atoms with van der Waals surface area (Å²) in [5.74, 6) is 0.363. The molecule has 0 unspecified atom stereocenters. The molecule has 1 amide bonds. The van der Waals surface area contributed by atoms with Crippen molar-refractivity contribution in [2.75, 3.05) is 5.32 Å². The number of nitrogens with two attached hydrogens (primary N) is 1. The second-order valence-electron chi connectivity index (χ2n) is 4.25. The number of amides is 1. The van der Waals surface area contributed by atoms with Gasteiger partial charge in [-0.05, 0) is 17.7 Å². The molecule has 2 rings (SSSR count). The molecule has 0 aliphatic rings. The quantitative estimate of drug-likeness (QED) is 0.825. The van der Waals surface area contributed by atoms with Crippen molar-refractivity contribution >= 4 is 44.9 Å². The highest BCUT2D eigenvalue weighted by molar-refractivity contribution is 9.10. The van der Waals surface area contributed by atoms with Crippen LogP contribution in [0.25, 0.3) is 0 Å². The molecule has 20 heavy (non-hydrogen) atoms. The van der Waals surface area contributed by atoms with Gasteiger partial charge in [0.25, 0.3) is 0 Å². The molecule has 1 aromatic heterocycles. The Morgan fingerprint density at radius 3 is 2.95 bits per heavy atom. The molecular weight excluding hydrogens is 340 g/mol. The first-order chi connectivity index (χ1) is 9.47. The van der Waals surface area contributed by atoms with Gasteiger partial charge < -0.3 is 11.1 Å². The number of thiocarbonyl (C=S) groups is 1. The smallest absolute Gasteiger partial charge is 0.229 e. The van der Waals surface area contributed by atoms with E-state index in [2.05, 4.69) is 26.3 Å². The molecule has 7 heteroatoms. The Bertz CT molecular complexity index is 668. The molecular formula is C13H13BrN4OS. The number of anilines is 1. The zero-order valence-electron chi connectivity index (χ0n) is 10.8.